The van der Waals surface area contributed by atoms with Crippen molar-refractivity contribution < 1.29 is 19.0 Å². The van der Waals surface area contributed by atoms with Crippen molar-refractivity contribution in [2.45, 2.75) is 6.42 Å². The van der Waals surface area contributed by atoms with E-state index in [1.807, 2.05) is 0 Å². The maximum atomic E-state index is 12.4. The van der Waals surface area contributed by atoms with E-state index in [1.54, 1.807) is 12.1 Å². The van der Waals surface area contributed by atoms with E-state index in [4.69, 9.17) is 5.11 Å². The van der Waals surface area contributed by atoms with Crippen molar-refractivity contribution >= 4 is 6.16 Å². The lowest BCUT2D eigenvalue weighted by atomic mass is 10.2. The third-order valence-corrected chi connectivity index (χ3v) is 1.53. The zero-order chi connectivity index (χ0) is 9.68. The lowest BCUT2D eigenvalue weighted by Gasteiger charge is -2.00. The normalized spacial score (nSPS) is 9.62. The number of carbonyl (C=O) groups is 1. The van der Waals surface area contributed by atoms with Gasteiger partial charge in [0.05, 0.1) is 6.61 Å². The molecule has 0 fully saturated rings. The Hall–Kier alpha value is -1.58. The number of benzene rings is 1. The molecule has 70 valence electrons. The zero-order valence-electron chi connectivity index (χ0n) is 6.87. The van der Waals surface area contributed by atoms with Crippen molar-refractivity contribution in [1.29, 1.82) is 0 Å². The first-order chi connectivity index (χ1) is 6.18. The van der Waals surface area contributed by atoms with E-state index in [1.165, 1.54) is 12.1 Å². The zero-order valence-corrected chi connectivity index (χ0v) is 6.87. The lowest BCUT2D eigenvalue weighted by Crippen LogP contribution is -2.04. The largest absolute Gasteiger partial charge is 0.505 e. The maximum absolute atomic E-state index is 12.4. The second-order valence-corrected chi connectivity index (χ2v) is 2.49. The Morgan fingerprint density at radius 1 is 1.38 bits per heavy atom. The van der Waals surface area contributed by atoms with Crippen LogP contribution in [0.25, 0.3) is 0 Å². The average molecular weight is 184 g/mol. The number of halogens is 1. The van der Waals surface area contributed by atoms with Gasteiger partial charge in [-0.2, -0.15) is 0 Å². The van der Waals surface area contributed by atoms with E-state index in [0.717, 1.165) is 5.56 Å². The molecule has 0 aliphatic heterocycles. The van der Waals surface area contributed by atoms with Gasteiger partial charge < -0.3 is 9.84 Å². The molecular weight excluding hydrogens is 175 g/mol. The summed E-state index contributed by atoms with van der Waals surface area (Å²) in [4.78, 5) is 9.96. The Kier molecular flexibility index (Phi) is 3.25. The number of hydrogen-bond acceptors (Lipinski definition) is 2. The van der Waals surface area contributed by atoms with Gasteiger partial charge in [0.1, 0.15) is 5.82 Å². The Morgan fingerprint density at radius 2 is 2.00 bits per heavy atom. The monoisotopic (exact) mass is 184 g/mol. The first-order valence-electron chi connectivity index (χ1n) is 3.78. The molecule has 1 N–H and O–H groups in total. The predicted octanol–water partition coefficient (Wildman–Crippen LogP) is 2.06. The van der Waals surface area contributed by atoms with Gasteiger partial charge in [-0.25, -0.2) is 9.18 Å². The van der Waals surface area contributed by atoms with Gasteiger partial charge in [0, 0.05) is 6.42 Å². The van der Waals surface area contributed by atoms with Gasteiger partial charge >= 0.3 is 6.16 Å². The summed E-state index contributed by atoms with van der Waals surface area (Å²) in [6.45, 7) is 0.0982. The lowest BCUT2D eigenvalue weighted by molar-refractivity contribution is 0.0927. The molecule has 0 bridgehead atoms. The summed E-state index contributed by atoms with van der Waals surface area (Å²) in [6, 6.07) is 5.85. The molecule has 0 saturated carbocycles. The second kappa shape index (κ2) is 4.45. The minimum atomic E-state index is -1.29. The van der Waals surface area contributed by atoms with Crippen LogP contribution < -0.4 is 0 Å². The van der Waals surface area contributed by atoms with Crippen LogP contribution in [0.4, 0.5) is 9.18 Å². The third kappa shape index (κ3) is 3.55. The molecule has 3 nitrogen and oxygen atoms in total. The van der Waals surface area contributed by atoms with Crippen LogP contribution >= 0.6 is 0 Å². The van der Waals surface area contributed by atoms with Crippen LogP contribution in [0.1, 0.15) is 5.56 Å². The predicted molar refractivity (Wildman–Crippen MR) is 44.1 cm³/mol. The highest BCUT2D eigenvalue weighted by molar-refractivity contribution is 5.56. The van der Waals surface area contributed by atoms with Gasteiger partial charge in [0.2, 0.25) is 0 Å². The summed E-state index contributed by atoms with van der Waals surface area (Å²) in [6.07, 6.45) is -0.825. The third-order valence-electron chi connectivity index (χ3n) is 1.53. The Balaban J connectivity index is 2.37. The average Bonchev–Trinajstić information content (AvgIpc) is 2.08. The molecule has 1 aromatic carbocycles. The van der Waals surface area contributed by atoms with Crippen molar-refractivity contribution in [3.8, 4) is 0 Å². The molecule has 1 aromatic rings. The van der Waals surface area contributed by atoms with E-state index in [0.29, 0.717) is 6.42 Å². The van der Waals surface area contributed by atoms with Crippen LogP contribution in [-0.2, 0) is 11.2 Å². The van der Waals surface area contributed by atoms with Crippen LogP contribution in [0.15, 0.2) is 24.3 Å². The van der Waals surface area contributed by atoms with Crippen molar-refractivity contribution in [2.75, 3.05) is 6.61 Å². The minimum Gasteiger partial charge on any atom is -0.450 e. The maximum Gasteiger partial charge on any atom is 0.505 e. The molecule has 0 aliphatic carbocycles. The van der Waals surface area contributed by atoms with Gasteiger partial charge in [0.15, 0.2) is 0 Å². The van der Waals surface area contributed by atoms with Gasteiger partial charge in [-0.1, -0.05) is 12.1 Å². The Labute approximate surface area is 74.8 Å². The first-order valence-corrected chi connectivity index (χ1v) is 3.78. The number of ether oxygens (including phenoxy) is 1. The molecule has 0 unspecified atom stereocenters. The summed E-state index contributed by atoms with van der Waals surface area (Å²) in [5, 5.41) is 8.15. The molecule has 0 aromatic heterocycles. The fourth-order valence-corrected chi connectivity index (χ4v) is 0.907. The van der Waals surface area contributed by atoms with E-state index < -0.39 is 6.16 Å². The van der Waals surface area contributed by atoms with Crippen molar-refractivity contribution in [3.63, 3.8) is 0 Å². The first kappa shape index (κ1) is 9.51. The Morgan fingerprint density at radius 3 is 2.54 bits per heavy atom. The van der Waals surface area contributed by atoms with E-state index >= 15 is 0 Å². The quantitative estimate of drug-likeness (QED) is 0.731. The molecule has 0 spiro atoms. The van der Waals surface area contributed by atoms with Crippen LogP contribution in [-0.4, -0.2) is 17.9 Å². The standard InChI is InChI=1S/C9H9FO3/c10-8-3-1-7(2-4-8)5-6-13-9(11)12/h1-4H,5-6H2,(H,11,12). The van der Waals surface area contributed by atoms with Gasteiger partial charge in [-0.15, -0.1) is 0 Å². The van der Waals surface area contributed by atoms with Crippen molar-refractivity contribution in [3.05, 3.63) is 35.6 Å². The van der Waals surface area contributed by atoms with Gasteiger partial charge in [0.25, 0.3) is 0 Å². The molecule has 1 rings (SSSR count). The number of carboxylic acid groups (broad SMARTS) is 1. The molecule has 13 heavy (non-hydrogen) atoms. The second-order valence-electron chi connectivity index (χ2n) is 2.49. The van der Waals surface area contributed by atoms with Crippen LogP contribution in [0.2, 0.25) is 0 Å². The highest BCUT2D eigenvalue weighted by atomic mass is 19.1. The highest BCUT2D eigenvalue weighted by Gasteiger charge is 1.97. The SMILES string of the molecule is O=C(O)OCCc1ccc(F)cc1. The molecule has 0 heterocycles. The van der Waals surface area contributed by atoms with Gasteiger partial charge in [-0.3, -0.25) is 0 Å². The van der Waals surface area contributed by atoms with E-state index in [2.05, 4.69) is 4.74 Å². The summed E-state index contributed by atoms with van der Waals surface area (Å²) < 4.78 is 16.7. The molecule has 0 amide bonds. The molecule has 0 saturated heterocycles. The highest BCUT2D eigenvalue weighted by Crippen LogP contribution is 2.03. The minimum absolute atomic E-state index is 0.0982. The fourth-order valence-electron chi connectivity index (χ4n) is 0.907. The van der Waals surface area contributed by atoms with Crippen LogP contribution in [0.3, 0.4) is 0 Å². The van der Waals surface area contributed by atoms with Crippen molar-refractivity contribution in [1.82, 2.24) is 0 Å². The summed E-state index contributed by atoms with van der Waals surface area (Å²) in [5.74, 6) is -0.303. The summed E-state index contributed by atoms with van der Waals surface area (Å²) in [7, 11) is 0. The number of hydrogen-bond donors (Lipinski definition) is 1. The molecule has 0 aliphatic rings. The molecule has 0 atom stereocenters. The summed E-state index contributed by atoms with van der Waals surface area (Å²) >= 11 is 0. The van der Waals surface area contributed by atoms with E-state index in [9.17, 15) is 9.18 Å². The smallest absolute Gasteiger partial charge is 0.450 e. The Bertz CT molecular complexity index is 281. The fraction of sp³-hybridized carbons (Fsp3) is 0.222. The molecule has 4 heteroatoms. The topological polar surface area (TPSA) is 46.5 Å². The van der Waals surface area contributed by atoms with E-state index in [-0.39, 0.29) is 12.4 Å². The van der Waals surface area contributed by atoms with Gasteiger partial charge in [-0.05, 0) is 17.7 Å². The molecule has 0 radical (unpaired) electrons. The number of rotatable bonds is 3. The molecular formula is C9H9FO3. The summed E-state index contributed by atoms with van der Waals surface area (Å²) in [5.41, 5.74) is 0.850. The van der Waals surface area contributed by atoms with Crippen LogP contribution in [0.5, 0.6) is 0 Å². The van der Waals surface area contributed by atoms with Crippen LogP contribution in [0, 0.1) is 5.82 Å². The van der Waals surface area contributed by atoms with Crippen molar-refractivity contribution in [2.24, 2.45) is 0 Å².